The Morgan fingerprint density at radius 1 is 1.04 bits per heavy atom. The molecule has 0 radical (unpaired) electrons. The Hall–Kier alpha value is -2.95. The lowest BCUT2D eigenvalue weighted by Crippen LogP contribution is -2.26. The highest BCUT2D eigenvalue weighted by Crippen LogP contribution is 2.17. The summed E-state index contributed by atoms with van der Waals surface area (Å²) in [7, 11) is 0. The lowest BCUT2D eigenvalue weighted by atomic mass is 10.1. The van der Waals surface area contributed by atoms with Gasteiger partial charge in [-0.25, -0.2) is 9.67 Å². The minimum atomic E-state index is -0.236. The molecule has 0 saturated carbocycles. The van der Waals surface area contributed by atoms with Crippen LogP contribution < -0.4 is 10.3 Å². The average Bonchev–Trinajstić information content (AvgIpc) is 2.56. The maximum absolute atomic E-state index is 12.0. The number of aromatic nitrogens is 3. The number of para-hydroxylation sites is 1. The first kappa shape index (κ1) is 15.9. The van der Waals surface area contributed by atoms with Gasteiger partial charge in [0.25, 0.3) is 5.56 Å². The van der Waals surface area contributed by atoms with Crippen LogP contribution in [0.15, 0.2) is 59.5 Å². The zero-order valence-corrected chi connectivity index (χ0v) is 13.8. The molecule has 0 N–H and O–H groups in total. The fourth-order valence-corrected chi connectivity index (χ4v) is 2.54. The number of hydrogen-bond acceptors (Lipinski definition) is 4. The van der Waals surface area contributed by atoms with E-state index in [0.29, 0.717) is 19.0 Å². The van der Waals surface area contributed by atoms with Gasteiger partial charge in [0, 0.05) is 5.56 Å². The SMILES string of the molecule is Cc1cc(C)cc(-c2ncc(=O)n(CCOc3ccccc3)n2)c1. The molecule has 0 amide bonds. The molecule has 3 rings (SSSR count). The van der Waals surface area contributed by atoms with E-state index in [1.807, 2.05) is 56.3 Å². The smallest absolute Gasteiger partial charge is 0.285 e. The van der Waals surface area contributed by atoms with Gasteiger partial charge < -0.3 is 4.74 Å². The van der Waals surface area contributed by atoms with Crippen molar-refractivity contribution in [3.63, 3.8) is 0 Å². The van der Waals surface area contributed by atoms with Crippen LogP contribution in [0, 0.1) is 13.8 Å². The van der Waals surface area contributed by atoms with Crippen LogP contribution in [-0.2, 0) is 6.54 Å². The highest BCUT2D eigenvalue weighted by Gasteiger charge is 2.06. The van der Waals surface area contributed by atoms with Crippen LogP contribution >= 0.6 is 0 Å². The third-order valence-electron chi connectivity index (χ3n) is 3.56. The van der Waals surface area contributed by atoms with Crippen LogP contribution in [0.2, 0.25) is 0 Å². The molecule has 0 aliphatic heterocycles. The predicted octanol–water partition coefficient (Wildman–Crippen LogP) is 3.00. The zero-order chi connectivity index (χ0) is 16.9. The van der Waals surface area contributed by atoms with Crippen molar-refractivity contribution >= 4 is 0 Å². The van der Waals surface area contributed by atoms with Gasteiger partial charge in [-0.15, -0.1) is 5.10 Å². The maximum Gasteiger partial charge on any atom is 0.285 e. The summed E-state index contributed by atoms with van der Waals surface area (Å²) < 4.78 is 7.02. The Bertz CT molecular complexity index is 868. The molecule has 0 aliphatic rings. The van der Waals surface area contributed by atoms with Crippen molar-refractivity contribution in [1.29, 1.82) is 0 Å². The standard InChI is InChI=1S/C19H19N3O2/c1-14-10-15(2)12-16(11-14)19-20-13-18(23)22(21-19)8-9-24-17-6-4-3-5-7-17/h3-7,10-13H,8-9H2,1-2H3. The van der Waals surface area contributed by atoms with E-state index in [1.165, 1.54) is 10.9 Å². The van der Waals surface area contributed by atoms with Crippen LogP contribution in [-0.4, -0.2) is 21.4 Å². The van der Waals surface area contributed by atoms with Crippen LogP contribution in [0.25, 0.3) is 11.4 Å². The molecule has 0 aliphatic carbocycles. The van der Waals surface area contributed by atoms with E-state index in [0.717, 1.165) is 22.4 Å². The van der Waals surface area contributed by atoms with Crippen LogP contribution in [0.1, 0.15) is 11.1 Å². The highest BCUT2D eigenvalue weighted by atomic mass is 16.5. The Kier molecular flexibility index (Phi) is 4.70. The number of rotatable bonds is 5. The minimum absolute atomic E-state index is 0.236. The van der Waals surface area contributed by atoms with Crippen molar-refractivity contribution in [3.8, 4) is 17.1 Å². The number of nitrogens with zero attached hydrogens (tertiary/aromatic N) is 3. The lowest BCUT2D eigenvalue weighted by molar-refractivity contribution is 0.287. The summed E-state index contributed by atoms with van der Waals surface area (Å²) >= 11 is 0. The van der Waals surface area contributed by atoms with E-state index < -0.39 is 0 Å². The fraction of sp³-hybridized carbons (Fsp3) is 0.211. The molecule has 1 heterocycles. The first-order chi connectivity index (χ1) is 11.6. The van der Waals surface area contributed by atoms with Gasteiger partial charge in [-0.3, -0.25) is 4.79 Å². The summed E-state index contributed by atoms with van der Waals surface area (Å²) in [6, 6.07) is 15.6. The van der Waals surface area contributed by atoms with Crippen LogP contribution in [0.4, 0.5) is 0 Å². The Morgan fingerprint density at radius 3 is 2.46 bits per heavy atom. The molecule has 5 nitrogen and oxygen atoms in total. The molecule has 0 unspecified atom stereocenters. The normalized spacial score (nSPS) is 10.6. The number of hydrogen-bond donors (Lipinski definition) is 0. The van der Waals surface area contributed by atoms with E-state index in [4.69, 9.17) is 4.74 Å². The van der Waals surface area contributed by atoms with Crippen molar-refractivity contribution in [3.05, 3.63) is 76.2 Å². The van der Waals surface area contributed by atoms with Gasteiger partial charge in [0.15, 0.2) is 5.82 Å². The van der Waals surface area contributed by atoms with E-state index in [9.17, 15) is 4.79 Å². The molecule has 0 saturated heterocycles. The number of benzene rings is 2. The first-order valence-electron chi connectivity index (χ1n) is 7.82. The van der Waals surface area contributed by atoms with Crippen molar-refractivity contribution < 1.29 is 4.74 Å². The Labute approximate surface area is 140 Å². The summed E-state index contributed by atoms with van der Waals surface area (Å²) in [6.45, 7) is 4.79. The molecule has 0 bridgehead atoms. The molecule has 3 aromatic rings. The summed E-state index contributed by atoms with van der Waals surface area (Å²) in [5.41, 5.74) is 2.95. The van der Waals surface area contributed by atoms with Gasteiger partial charge >= 0.3 is 0 Å². The molecule has 2 aromatic carbocycles. The van der Waals surface area contributed by atoms with Crippen LogP contribution in [0.5, 0.6) is 5.75 Å². The van der Waals surface area contributed by atoms with Gasteiger partial charge in [0.2, 0.25) is 0 Å². The molecule has 0 fully saturated rings. The predicted molar refractivity (Wildman–Crippen MR) is 93.1 cm³/mol. The van der Waals surface area contributed by atoms with Crippen molar-refractivity contribution in [2.45, 2.75) is 20.4 Å². The second-order valence-electron chi connectivity index (χ2n) is 5.68. The Balaban J connectivity index is 1.77. The number of ether oxygens (including phenoxy) is 1. The van der Waals surface area contributed by atoms with Gasteiger partial charge in [-0.05, 0) is 38.1 Å². The van der Waals surface area contributed by atoms with Crippen molar-refractivity contribution in [2.24, 2.45) is 0 Å². The monoisotopic (exact) mass is 321 g/mol. The fourth-order valence-electron chi connectivity index (χ4n) is 2.54. The second-order valence-corrected chi connectivity index (χ2v) is 5.68. The van der Waals surface area contributed by atoms with Crippen molar-refractivity contribution in [1.82, 2.24) is 14.8 Å². The van der Waals surface area contributed by atoms with Gasteiger partial charge in [-0.1, -0.05) is 35.4 Å². The molecular formula is C19H19N3O2. The highest BCUT2D eigenvalue weighted by molar-refractivity contribution is 5.56. The topological polar surface area (TPSA) is 57.0 Å². The molecule has 1 aromatic heterocycles. The molecule has 24 heavy (non-hydrogen) atoms. The molecule has 5 heteroatoms. The third-order valence-corrected chi connectivity index (χ3v) is 3.56. The summed E-state index contributed by atoms with van der Waals surface area (Å²) in [6.07, 6.45) is 1.31. The minimum Gasteiger partial charge on any atom is -0.492 e. The van der Waals surface area contributed by atoms with Crippen molar-refractivity contribution in [2.75, 3.05) is 6.61 Å². The first-order valence-corrected chi connectivity index (χ1v) is 7.82. The van der Waals surface area contributed by atoms with Crippen LogP contribution in [0.3, 0.4) is 0 Å². The molecular weight excluding hydrogens is 302 g/mol. The average molecular weight is 321 g/mol. The quantitative estimate of drug-likeness (QED) is 0.725. The summed E-state index contributed by atoms with van der Waals surface area (Å²) in [4.78, 5) is 16.1. The third kappa shape index (κ3) is 3.87. The zero-order valence-electron chi connectivity index (χ0n) is 13.8. The lowest BCUT2D eigenvalue weighted by Gasteiger charge is -2.09. The van der Waals surface area contributed by atoms with E-state index in [1.54, 1.807) is 0 Å². The van der Waals surface area contributed by atoms with E-state index in [2.05, 4.69) is 16.1 Å². The summed E-state index contributed by atoms with van der Waals surface area (Å²) in [5.74, 6) is 1.32. The van der Waals surface area contributed by atoms with E-state index >= 15 is 0 Å². The summed E-state index contributed by atoms with van der Waals surface area (Å²) in [5, 5.41) is 4.37. The van der Waals surface area contributed by atoms with Gasteiger partial charge in [0.1, 0.15) is 12.4 Å². The second kappa shape index (κ2) is 7.08. The number of aryl methyl sites for hydroxylation is 2. The molecule has 0 atom stereocenters. The Morgan fingerprint density at radius 2 is 1.75 bits per heavy atom. The van der Waals surface area contributed by atoms with Gasteiger partial charge in [-0.2, -0.15) is 0 Å². The van der Waals surface area contributed by atoms with E-state index in [-0.39, 0.29) is 5.56 Å². The largest absolute Gasteiger partial charge is 0.492 e. The van der Waals surface area contributed by atoms with Gasteiger partial charge in [0.05, 0.1) is 12.7 Å². The molecule has 122 valence electrons. The maximum atomic E-state index is 12.0. The molecule has 0 spiro atoms.